The fraction of sp³-hybridized carbons (Fsp3) is 0.100. The Labute approximate surface area is 117 Å². The molecule has 18 heavy (non-hydrogen) atoms. The van der Waals surface area contributed by atoms with Crippen LogP contribution in [0.15, 0.2) is 27.8 Å². The average molecular weight is 331 g/mol. The molecule has 6 nitrogen and oxygen atoms in total. The molecule has 0 fully saturated rings. The summed E-state index contributed by atoms with van der Waals surface area (Å²) in [5.41, 5.74) is 13.3. The zero-order chi connectivity index (χ0) is 13.5. The number of carbonyl (C=O) groups is 1. The summed E-state index contributed by atoms with van der Waals surface area (Å²) in [6.07, 6.45) is 1.47. The molecular weight excluding hydrogens is 320 g/mol. The second-order valence-corrected chi connectivity index (χ2v) is 4.53. The third-order valence-corrected chi connectivity index (χ3v) is 2.30. The molecule has 0 saturated heterocycles. The topological polar surface area (TPSA) is 103 Å². The van der Waals surface area contributed by atoms with Crippen molar-refractivity contribution in [1.82, 2.24) is 5.43 Å². The van der Waals surface area contributed by atoms with E-state index in [1.165, 1.54) is 6.21 Å². The van der Waals surface area contributed by atoms with E-state index >= 15 is 0 Å². The third kappa shape index (κ3) is 5.11. The minimum atomic E-state index is -0.554. The fourth-order valence-corrected chi connectivity index (χ4v) is 1.50. The van der Waals surface area contributed by atoms with E-state index < -0.39 is 5.91 Å². The first-order valence-electron chi connectivity index (χ1n) is 4.78. The molecule has 0 aliphatic carbocycles. The van der Waals surface area contributed by atoms with Gasteiger partial charge in [-0.3, -0.25) is 10.2 Å². The number of ether oxygens (including phenoxy) is 1. The van der Waals surface area contributed by atoms with Crippen LogP contribution in [0, 0.1) is 0 Å². The van der Waals surface area contributed by atoms with Gasteiger partial charge in [-0.2, -0.15) is 5.10 Å². The maximum atomic E-state index is 10.7. The van der Waals surface area contributed by atoms with Crippen LogP contribution in [-0.2, 0) is 4.79 Å². The Morgan fingerprint density at radius 3 is 2.89 bits per heavy atom. The van der Waals surface area contributed by atoms with Crippen LogP contribution < -0.4 is 21.6 Å². The number of primary amides is 1. The molecule has 1 aromatic carbocycles. The Hall–Kier alpha value is -1.67. The highest BCUT2D eigenvalue weighted by atomic mass is 79.9. The summed E-state index contributed by atoms with van der Waals surface area (Å²) in [4.78, 5) is 10.7. The molecule has 1 aromatic rings. The average Bonchev–Trinajstić information content (AvgIpc) is 2.27. The molecule has 1 rings (SSSR count). The van der Waals surface area contributed by atoms with Crippen LogP contribution in [0.1, 0.15) is 5.56 Å². The van der Waals surface area contributed by atoms with Gasteiger partial charge < -0.3 is 16.2 Å². The predicted molar refractivity (Wildman–Crippen MR) is 76.3 cm³/mol. The Morgan fingerprint density at radius 1 is 1.56 bits per heavy atom. The number of thiocarbonyl (C=S) groups is 1. The number of hydrogen-bond donors (Lipinski definition) is 3. The van der Waals surface area contributed by atoms with Crippen molar-refractivity contribution in [2.24, 2.45) is 16.6 Å². The van der Waals surface area contributed by atoms with E-state index in [9.17, 15) is 4.79 Å². The van der Waals surface area contributed by atoms with E-state index in [2.05, 4.69) is 38.7 Å². The lowest BCUT2D eigenvalue weighted by Crippen LogP contribution is -2.24. The molecule has 8 heteroatoms. The smallest absolute Gasteiger partial charge is 0.255 e. The molecule has 0 aromatic heterocycles. The number of nitrogens with one attached hydrogen (secondary N) is 1. The van der Waals surface area contributed by atoms with Crippen LogP contribution in [0.4, 0.5) is 0 Å². The van der Waals surface area contributed by atoms with Gasteiger partial charge in [0.25, 0.3) is 5.91 Å². The van der Waals surface area contributed by atoms with E-state index in [0.29, 0.717) is 11.3 Å². The molecule has 0 radical (unpaired) electrons. The van der Waals surface area contributed by atoms with Crippen molar-refractivity contribution < 1.29 is 9.53 Å². The maximum absolute atomic E-state index is 10.7. The van der Waals surface area contributed by atoms with Gasteiger partial charge in [-0.15, -0.1) is 0 Å². The van der Waals surface area contributed by atoms with E-state index in [0.717, 1.165) is 4.47 Å². The third-order valence-electron chi connectivity index (χ3n) is 1.72. The van der Waals surface area contributed by atoms with Crippen molar-refractivity contribution in [1.29, 1.82) is 0 Å². The van der Waals surface area contributed by atoms with Gasteiger partial charge in [-0.1, -0.05) is 15.9 Å². The van der Waals surface area contributed by atoms with Gasteiger partial charge in [0.15, 0.2) is 11.7 Å². The minimum absolute atomic E-state index is 0.0563. The quantitative estimate of drug-likeness (QED) is 0.414. The highest BCUT2D eigenvalue weighted by Crippen LogP contribution is 2.21. The lowest BCUT2D eigenvalue weighted by Gasteiger charge is -2.07. The second kappa shape index (κ2) is 6.92. The lowest BCUT2D eigenvalue weighted by atomic mass is 10.2. The monoisotopic (exact) mass is 330 g/mol. The Balaban J connectivity index is 2.85. The zero-order valence-corrected chi connectivity index (χ0v) is 11.6. The minimum Gasteiger partial charge on any atom is -0.483 e. The van der Waals surface area contributed by atoms with Gasteiger partial charge in [-0.25, -0.2) is 0 Å². The molecule has 5 N–H and O–H groups in total. The molecule has 0 heterocycles. The molecule has 1 amide bonds. The van der Waals surface area contributed by atoms with Crippen LogP contribution in [0.5, 0.6) is 5.75 Å². The number of benzene rings is 1. The number of rotatable bonds is 5. The summed E-state index contributed by atoms with van der Waals surface area (Å²) in [6, 6.07) is 5.23. The zero-order valence-electron chi connectivity index (χ0n) is 9.22. The van der Waals surface area contributed by atoms with E-state index in [1.54, 1.807) is 18.2 Å². The number of amides is 1. The number of hydrazone groups is 1. The van der Waals surface area contributed by atoms with Gasteiger partial charge in [0, 0.05) is 10.0 Å². The van der Waals surface area contributed by atoms with Crippen molar-refractivity contribution in [2.75, 3.05) is 6.61 Å². The van der Waals surface area contributed by atoms with Crippen molar-refractivity contribution in [3.8, 4) is 5.75 Å². The summed E-state index contributed by atoms with van der Waals surface area (Å²) in [5, 5.41) is 3.87. The lowest BCUT2D eigenvalue weighted by molar-refractivity contribution is -0.119. The van der Waals surface area contributed by atoms with Gasteiger partial charge in [0.2, 0.25) is 0 Å². The molecule has 0 aliphatic rings. The van der Waals surface area contributed by atoms with Crippen LogP contribution >= 0.6 is 28.1 Å². The summed E-state index contributed by atoms with van der Waals surface area (Å²) >= 11 is 7.92. The van der Waals surface area contributed by atoms with E-state index in [4.69, 9.17) is 16.2 Å². The standard InChI is InChI=1S/C10H11BrN4O2S/c11-7-1-2-8(17-5-9(12)16)6(3-7)4-14-15-10(13)18/h1-4H,5H2,(H2,12,16)(H3,13,15,18). The molecule has 0 unspecified atom stereocenters. The normalized spacial score (nSPS) is 10.3. The molecule has 0 atom stereocenters. The highest BCUT2D eigenvalue weighted by Gasteiger charge is 2.04. The van der Waals surface area contributed by atoms with Gasteiger partial charge >= 0.3 is 0 Å². The van der Waals surface area contributed by atoms with Crippen LogP contribution in [-0.4, -0.2) is 23.8 Å². The van der Waals surface area contributed by atoms with Crippen molar-refractivity contribution in [2.45, 2.75) is 0 Å². The van der Waals surface area contributed by atoms with Crippen LogP contribution in [0.2, 0.25) is 0 Å². The largest absolute Gasteiger partial charge is 0.483 e. The molecule has 0 saturated carbocycles. The summed E-state index contributed by atoms with van der Waals surface area (Å²) in [6.45, 7) is -0.203. The van der Waals surface area contributed by atoms with Crippen molar-refractivity contribution in [3.63, 3.8) is 0 Å². The molecule has 96 valence electrons. The molecule has 0 aliphatic heterocycles. The number of nitrogens with two attached hydrogens (primary N) is 2. The number of nitrogens with zero attached hydrogens (tertiary/aromatic N) is 1. The van der Waals surface area contributed by atoms with Crippen LogP contribution in [0.25, 0.3) is 0 Å². The highest BCUT2D eigenvalue weighted by molar-refractivity contribution is 9.10. The Morgan fingerprint density at radius 2 is 2.28 bits per heavy atom. The molecular formula is C10H11BrN4O2S. The van der Waals surface area contributed by atoms with Crippen LogP contribution in [0.3, 0.4) is 0 Å². The molecule has 0 bridgehead atoms. The second-order valence-electron chi connectivity index (χ2n) is 3.17. The van der Waals surface area contributed by atoms with E-state index in [-0.39, 0.29) is 11.7 Å². The Kier molecular flexibility index (Phi) is 5.53. The summed E-state index contributed by atoms with van der Waals surface area (Å²) < 4.78 is 6.07. The number of hydrogen-bond acceptors (Lipinski definition) is 4. The maximum Gasteiger partial charge on any atom is 0.255 e. The van der Waals surface area contributed by atoms with E-state index in [1.807, 2.05) is 0 Å². The Bertz CT molecular complexity index is 493. The fourth-order valence-electron chi connectivity index (χ4n) is 1.07. The first kappa shape index (κ1) is 14.4. The first-order valence-corrected chi connectivity index (χ1v) is 5.98. The van der Waals surface area contributed by atoms with Crippen molar-refractivity contribution in [3.05, 3.63) is 28.2 Å². The van der Waals surface area contributed by atoms with Gasteiger partial charge in [0.1, 0.15) is 5.75 Å². The first-order chi connectivity index (χ1) is 8.49. The van der Waals surface area contributed by atoms with Crippen molar-refractivity contribution >= 4 is 45.4 Å². The number of halogens is 1. The van der Waals surface area contributed by atoms with Gasteiger partial charge in [-0.05, 0) is 30.4 Å². The van der Waals surface area contributed by atoms with Gasteiger partial charge in [0.05, 0.1) is 6.21 Å². The summed E-state index contributed by atoms with van der Waals surface area (Å²) in [5.74, 6) is -0.0763. The SMILES string of the molecule is NC(=O)COc1ccc(Br)cc1C=NNC(N)=S. The number of carbonyl (C=O) groups excluding carboxylic acids is 1. The molecule has 0 spiro atoms. The predicted octanol–water partition coefficient (Wildman–Crippen LogP) is 0.480. The summed E-state index contributed by atoms with van der Waals surface area (Å²) in [7, 11) is 0.